The molecule has 12 heteroatoms. The molecule has 416 valence electrons. The van der Waals surface area contributed by atoms with Gasteiger partial charge in [0.2, 0.25) is 0 Å². The lowest BCUT2D eigenvalue weighted by atomic mass is 9.98. The molecule has 1 aliphatic rings. The minimum atomic E-state index is -1.92. The van der Waals surface area contributed by atoms with Crippen LogP contribution in [0.3, 0.4) is 0 Å². The van der Waals surface area contributed by atoms with Crippen LogP contribution in [0.2, 0.25) is 0 Å². The largest absolute Gasteiger partial charge is 0.479 e. The van der Waals surface area contributed by atoms with E-state index in [1.807, 2.05) is 6.08 Å². The van der Waals surface area contributed by atoms with Gasteiger partial charge >= 0.3 is 23.9 Å². The van der Waals surface area contributed by atoms with Crippen LogP contribution in [0, 0.1) is 0 Å². The molecule has 0 amide bonds. The van der Waals surface area contributed by atoms with Gasteiger partial charge in [-0.05, 0) is 103 Å². The maximum Gasteiger partial charge on any atom is 0.335 e. The zero-order valence-corrected chi connectivity index (χ0v) is 45.6. The van der Waals surface area contributed by atoms with Crippen molar-refractivity contribution in [1.82, 2.24) is 0 Å². The second-order valence-electron chi connectivity index (χ2n) is 19.2. The second kappa shape index (κ2) is 48.8. The highest BCUT2D eigenvalue weighted by atomic mass is 16.7. The van der Waals surface area contributed by atoms with Gasteiger partial charge in [0.25, 0.3) is 0 Å². The molecule has 1 saturated heterocycles. The average molecular weight is 1030 g/mol. The fourth-order valence-corrected chi connectivity index (χ4v) is 8.02. The van der Waals surface area contributed by atoms with Crippen LogP contribution in [-0.4, -0.2) is 89.2 Å². The van der Waals surface area contributed by atoms with Gasteiger partial charge in [0, 0.05) is 19.3 Å². The zero-order chi connectivity index (χ0) is 53.3. The molecule has 0 aromatic rings. The van der Waals surface area contributed by atoms with Crippen molar-refractivity contribution in [1.29, 1.82) is 0 Å². The number of rotatable bonds is 47. The number of carboxylic acids is 1. The third-order valence-electron chi connectivity index (χ3n) is 12.4. The normalized spacial score (nSPS) is 18.9. The van der Waals surface area contributed by atoms with Crippen LogP contribution in [0.1, 0.15) is 226 Å². The summed E-state index contributed by atoms with van der Waals surface area (Å²) in [5.41, 5.74) is 0. The molecular weight excluding hydrogens is 925 g/mol. The molecule has 6 atom stereocenters. The van der Waals surface area contributed by atoms with Gasteiger partial charge in [-0.2, -0.15) is 0 Å². The number of carboxylic acid groups (broad SMARTS) is 1. The zero-order valence-electron chi connectivity index (χ0n) is 45.6. The lowest BCUT2D eigenvalue weighted by molar-refractivity contribution is -0.301. The van der Waals surface area contributed by atoms with E-state index in [-0.39, 0.29) is 25.9 Å². The van der Waals surface area contributed by atoms with Crippen LogP contribution < -0.4 is 0 Å². The number of unbranched alkanes of at least 4 members (excludes halogenated alkanes) is 19. The Morgan fingerprint density at radius 3 is 1.41 bits per heavy atom. The number of aliphatic hydroxyl groups is 2. The van der Waals surface area contributed by atoms with E-state index in [4.69, 9.17) is 23.7 Å². The van der Waals surface area contributed by atoms with Crippen molar-refractivity contribution in [3.63, 3.8) is 0 Å². The molecule has 1 heterocycles. The molecule has 1 aliphatic heterocycles. The van der Waals surface area contributed by atoms with Crippen LogP contribution in [-0.2, 0) is 42.9 Å². The molecule has 0 bridgehead atoms. The molecule has 3 N–H and O–H groups in total. The number of carbonyl (C=O) groups excluding carboxylic acids is 3. The Morgan fingerprint density at radius 2 is 0.890 bits per heavy atom. The standard InChI is InChI=1S/C61H100O12/c1-4-7-10-13-16-19-22-24-26-27-29-30-33-35-38-41-44-47-53(62)69-50-52(71-54(63)48-45-42-39-37-34-31-28-25-23-20-17-14-11-8-5-2)51-70-61-59(57(66)56(65)58(73-61)60(67)68)72-55(64)49-46-43-40-36-32-21-18-15-12-9-6-3/h7,10,15-16,18-19,24-26,28-30,35,38,52,56-59,61,65-66H,4-6,8-9,11-14,17,20-23,27,31-34,36-37,39-51H2,1-3H3,(H,67,68)/b10-7-,18-15-,19-16-,26-24-,28-25-,30-29-,38-35-. The topological polar surface area (TPSA) is 175 Å². The van der Waals surface area contributed by atoms with Crippen molar-refractivity contribution >= 4 is 23.9 Å². The SMILES string of the molecule is CC/C=C\C/C=C\C/C=C\C/C=C\C/C=C\CCCC(=O)OCC(COC1OC(C(=O)O)C(O)C(O)C1OC(=O)CCCCCCC/C=C\CCCC)OC(=O)CCCCCCC/C=C\CCCCCCCC. The van der Waals surface area contributed by atoms with Crippen LogP contribution >= 0.6 is 0 Å². The number of carbonyl (C=O) groups is 4. The van der Waals surface area contributed by atoms with Gasteiger partial charge in [0.1, 0.15) is 18.8 Å². The number of esters is 3. The summed E-state index contributed by atoms with van der Waals surface area (Å²) < 4.78 is 28.3. The van der Waals surface area contributed by atoms with E-state index in [2.05, 4.69) is 99.8 Å². The highest BCUT2D eigenvalue weighted by Crippen LogP contribution is 2.26. The van der Waals surface area contributed by atoms with Gasteiger partial charge < -0.3 is 39.0 Å². The summed E-state index contributed by atoms with van der Waals surface area (Å²) >= 11 is 0. The van der Waals surface area contributed by atoms with Crippen molar-refractivity contribution in [2.45, 2.75) is 263 Å². The first kappa shape index (κ1) is 66.9. The first-order valence-corrected chi connectivity index (χ1v) is 28.6. The highest BCUT2D eigenvalue weighted by Gasteiger charge is 2.50. The maximum atomic E-state index is 13.1. The monoisotopic (exact) mass is 1020 g/mol. The van der Waals surface area contributed by atoms with E-state index in [1.165, 1.54) is 51.4 Å². The van der Waals surface area contributed by atoms with E-state index in [0.717, 1.165) is 109 Å². The van der Waals surface area contributed by atoms with Crippen molar-refractivity contribution in [2.24, 2.45) is 0 Å². The number of ether oxygens (including phenoxy) is 5. The van der Waals surface area contributed by atoms with E-state index < -0.39 is 67.3 Å². The lowest BCUT2D eigenvalue weighted by Crippen LogP contribution is -2.61. The number of hydrogen-bond donors (Lipinski definition) is 3. The van der Waals surface area contributed by atoms with Gasteiger partial charge in [-0.1, -0.05) is 189 Å². The Balaban J connectivity index is 2.75. The Hall–Kier alpha value is -4.10. The Labute approximate surface area is 441 Å². The van der Waals surface area contributed by atoms with Crippen LogP contribution in [0.4, 0.5) is 0 Å². The fraction of sp³-hybridized carbons (Fsp3) is 0.705. The summed E-state index contributed by atoms with van der Waals surface area (Å²) in [4.78, 5) is 51.0. The van der Waals surface area contributed by atoms with Crippen molar-refractivity contribution in [3.05, 3.63) is 85.1 Å². The Morgan fingerprint density at radius 1 is 0.466 bits per heavy atom. The summed E-state index contributed by atoms with van der Waals surface area (Å²) in [6.45, 7) is 5.76. The average Bonchev–Trinajstić information content (AvgIpc) is 3.37. The molecule has 0 aliphatic carbocycles. The van der Waals surface area contributed by atoms with E-state index in [1.54, 1.807) is 0 Å². The van der Waals surface area contributed by atoms with Gasteiger partial charge in [0.05, 0.1) is 6.61 Å². The predicted molar refractivity (Wildman–Crippen MR) is 294 cm³/mol. The smallest absolute Gasteiger partial charge is 0.335 e. The number of aliphatic carboxylic acids is 1. The number of allylic oxidation sites excluding steroid dienone is 14. The fourth-order valence-electron chi connectivity index (χ4n) is 8.02. The van der Waals surface area contributed by atoms with Gasteiger partial charge in [-0.3, -0.25) is 14.4 Å². The minimum absolute atomic E-state index is 0.0406. The number of aliphatic hydroxyl groups excluding tert-OH is 2. The second-order valence-corrected chi connectivity index (χ2v) is 19.2. The highest BCUT2D eigenvalue weighted by molar-refractivity contribution is 5.74. The van der Waals surface area contributed by atoms with E-state index in [0.29, 0.717) is 25.7 Å². The van der Waals surface area contributed by atoms with Crippen molar-refractivity contribution in [3.8, 4) is 0 Å². The van der Waals surface area contributed by atoms with Crippen molar-refractivity contribution in [2.75, 3.05) is 13.2 Å². The molecule has 73 heavy (non-hydrogen) atoms. The van der Waals surface area contributed by atoms with Crippen LogP contribution in [0.5, 0.6) is 0 Å². The Bertz CT molecular complexity index is 1590. The van der Waals surface area contributed by atoms with Gasteiger partial charge in [-0.25, -0.2) is 4.79 Å². The van der Waals surface area contributed by atoms with Crippen molar-refractivity contribution < 1.29 is 58.2 Å². The first-order valence-electron chi connectivity index (χ1n) is 28.6. The molecule has 6 unspecified atom stereocenters. The molecule has 1 rings (SSSR count). The van der Waals surface area contributed by atoms with Crippen LogP contribution in [0.15, 0.2) is 85.1 Å². The maximum absolute atomic E-state index is 13.1. The summed E-state index contributed by atoms with van der Waals surface area (Å²) in [5, 5.41) is 31.4. The van der Waals surface area contributed by atoms with Gasteiger partial charge in [-0.15, -0.1) is 0 Å². The molecule has 0 radical (unpaired) electrons. The minimum Gasteiger partial charge on any atom is -0.479 e. The molecule has 0 aromatic heterocycles. The molecule has 1 fully saturated rings. The summed E-state index contributed by atoms with van der Waals surface area (Å²) in [5.74, 6) is -3.23. The first-order chi connectivity index (χ1) is 35.6. The predicted octanol–water partition coefficient (Wildman–Crippen LogP) is 14.3. The van der Waals surface area contributed by atoms with Crippen LogP contribution in [0.25, 0.3) is 0 Å². The number of hydrogen-bond acceptors (Lipinski definition) is 11. The third kappa shape index (κ3) is 39.0. The molecule has 0 aromatic carbocycles. The van der Waals surface area contributed by atoms with Gasteiger partial charge in [0.15, 0.2) is 24.6 Å². The summed E-state index contributed by atoms with van der Waals surface area (Å²) in [6.07, 6.45) is 50.0. The Kier molecular flexibility index (Phi) is 44.7. The van der Waals surface area contributed by atoms with E-state index in [9.17, 15) is 34.5 Å². The molecule has 0 saturated carbocycles. The third-order valence-corrected chi connectivity index (χ3v) is 12.4. The lowest BCUT2D eigenvalue weighted by Gasteiger charge is -2.40. The summed E-state index contributed by atoms with van der Waals surface area (Å²) in [6, 6.07) is 0. The van der Waals surface area contributed by atoms with E-state index >= 15 is 0 Å². The molecule has 0 spiro atoms. The molecular formula is C61H100O12. The quantitative estimate of drug-likeness (QED) is 0.0228. The summed E-state index contributed by atoms with van der Waals surface area (Å²) in [7, 11) is 0. The molecule has 12 nitrogen and oxygen atoms in total.